The Morgan fingerprint density at radius 2 is 2.03 bits per heavy atom. The van der Waals surface area contributed by atoms with Crippen LogP contribution in [-0.4, -0.2) is 31.3 Å². The van der Waals surface area contributed by atoms with Crippen molar-refractivity contribution in [1.82, 2.24) is 24.7 Å². The Labute approximate surface area is 173 Å². The largest absolute Gasteiger partial charge is 0.493 e. The van der Waals surface area contributed by atoms with Crippen LogP contribution in [0.2, 0.25) is 0 Å². The Morgan fingerprint density at radius 1 is 1.14 bits per heavy atom. The smallest absolute Gasteiger partial charge is 0.187 e. The molecule has 0 unspecified atom stereocenters. The summed E-state index contributed by atoms with van der Waals surface area (Å²) in [5.41, 5.74) is 5.25. The van der Waals surface area contributed by atoms with E-state index in [2.05, 4.69) is 47.1 Å². The van der Waals surface area contributed by atoms with E-state index < -0.39 is 0 Å². The number of hydrogen-bond donors (Lipinski definition) is 0. The Hall–Kier alpha value is -3.06. The molecule has 3 aromatic heterocycles. The van der Waals surface area contributed by atoms with E-state index in [-0.39, 0.29) is 6.04 Å². The predicted octanol–water partition coefficient (Wildman–Crippen LogP) is 4.95. The third-order valence-electron chi connectivity index (χ3n) is 5.09. The first kappa shape index (κ1) is 18.0. The van der Waals surface area contributed by atoms with Crippen LogP contribution in [0.4, 0.5) is 0 Å². The normalized spacial score (nSPS) is 13.0. The summed E-state index contributed by atoms with van der Waals surface area (Å²) in [6.45, 7) is 6.87. The van der Waals surface area contributed by atoms with E-state index in [1.807, 2.05) is 29.9 Å². The fourth-order valence-electron chi connectivity index (χ4n) is 3.66. The van der Waals surface area contributed by atoms with Crippen LogP contribution in [0.25, 0.3) is 33.2 Å². The highest BCUT2D eigenvalue weighted by Gasteiger charge is 2.24. The Bertz CT molecular complexity index is 1190. The average Bonchev–Trinajstić information content (AvgIpc) is 3.33. The Balaban J connectivity index is 1.65. The number of hydrogen-bond acceptors (Lipinski definition) is 6. The van der Waals surface area contributed by atoms with Gasteiger partial charge in [0.1, 0.15) is 12.1 Å². The van der Waals surface area contributed by atoms with Crippen molar-refractivity contribution in [1.29, 1.82) is 0 Å². The third kappa shape index (κ3) is 3.11. The van der Waals surface area contributed by atoms with Gasteiger partial charge in [0.05, 0.1) is 12.3 Å². The number of aromatic nitrogens is 5. The molecule has 4 aromatic rings. The van der Waals surface area contributed by atoms with Gasteiger partial charge >= 0.3 is 0 Å². The highest BCUT2D eigenvalue weighted by atomic mass is 32.1. The summed E-state index contributed by atoms with van der Waals surface area (Å²) in [6, 6.07) is 10.6. The molecule has 0 atom stereocenters. The fourth-order valence-corrected chi connectivity index (χ4v) is 4.71. The van der Waals surface area contributed by atoms with Gasteiger partial charge in [0.15, 0.2) is 10.8 Å². The second kappa shape index (κ2) is 7.08. The monoisotopic (exact) mass is 403 g/mol. The first-order chi connectivity index (χ1) is 14.1. The quantitative estimate of drug-likeness (QED) is 0.484. The van der Waals surface area contributed by atoms with Crippen molar-refractivity contribution in [3.63, 3.8) is 0 Å². The van der Waals surface area contributed by atoms with Crippen LogP contribution < -0.4 is 4.74 Å². The average molecular weight is 404 g/mol. The van der Waals surface area contributed by atoms with Crippen LogP contribution >= 0.6 is 11.3 Å². The molecule has 0 amide bonds. The molecule has 1 aliphatic rings. The number of thiazole rings is 1. The molecule has 0 fully saturated rings. The zero-order chi connectivity index (χ0) is 20.0. The Morgan fingerprint density at radius 3 is 2.86 bits per heavy atom. The van der Waals surface area contributed by atoms with Crippen LogP contribution in [0.3, 0.4) is 0 Å². The lowest BCUT2D eigenvalue weighted by molar-refractivity contribution is 0.327. The summed E-state index contributed by atoms with van der Waals surface area (Å²) >= 11 is 1.68. The minimum Gasteiger partial charge on any atom is -0.493 e. The van der Waals surface area contributed by atoms with Crippen molar-refractivity contribution in [3.05, 3.63) is 53.4 Å². The summed E-state index contributed by atoms with van der Waals surface area (Å²) in [5.74, 6) is 1.69. The zero-order valence-corrected chi connectivity index (χ0v) is 17.4. The molecule has 1 aromatic carbocycles. The molecule has 5 rings (SSSR count). The molecule has 6 nitrogen and oxygen atoms in total. The maximum absolute atomic E-state index is 6.02. The van der Waals surface area contributed by atoms with Gasteiger partial charge in [0.25, 0.3) is 0 Å². The molecule has 29 heavy (non-hydrogen) atoms. The second-order valence-electron chi connectivity index (χ2n) is 7.36. The second-order valence-corrected chi connectivity index (χ2v) is 8.44. The van der Waals surface area contributed by atoms with E-state index in [1.165, 1.54) is 4.88 Å². The maximum atomic E-state index is 6.02. The van der Waals surface area contributed by atoms with E-state index in [0.717, 1.165) is 51.1 Å². The number of pyridine rings is 1. The van der Waals surface area contributed by atoms with E-state index in [1.54, 1.807) is 17.7 Å². The van der Waals surface area contributed by atoms with Crippen molar-refractivity contribution in [2.75, 3.05) is 6.61 Å². The molecule has 0 radical (unpaired) electrons. The SMILES string of the molecule is Cc1ncccc1-c1ccc2c(c1)-c1nc(-c3ncnn3C(C)C)sc1CCO2. The van der Waals surface area contributed by atoms with Gasteiger partial charge in [-0.2, -0.15) is 5.10 Å². The summed E-state index contributed by atoms with van der Waals surface area (Å²) in [7, 11) is 0. The van der Waals surface area contributed by atoms with Gasteiger partial charge in [-0.1, -0.05) is 12.1 Å². The van der Waals surface area contributed by atoms with Crippen molar-refractivity contribution < 1.29 is 4.74 Å². The summed E-state index contributed by atoms with van der Waals surface area (Å²) < 4.78 is 7.94. The predicted molar refractivity (Wildman–Crippen MR) is 114 cm³/mol. The first-order valence-electron chi connectivity index (χ1n) is 9.70. The number of rotatable bonds is 3. The molecule has 0 N–H and O–H groups in total. The summed E-state index contributed by atoms with van der Waals surface area (Å²) in [5, 5.41) is 5.27. The van der Waals surface area contributed by atoms with Crippen LogP contribution in [0.1, 0.15) is 30.5 Å². The van der Waals surface area contributed by atoms with Crippen LogP contribution in [0, 0.1) is 6.92 Å². The van der Waals surface area contributed by atoms with Gasteiger partial charge in [-0.15, -0.1) is 11.3 Å². The molecular formula is C22H21N5OS. The zero-order valence-electron chi connectivity index (χ0n) is 16.6. The van der Waals surface area contributed by atoms with Crippen molar-refractivity contribution >= 4 is 11.3 Å². The van der Waals surface area contributed by atoms with Gasteiger partial charge in [0, 0.05) is 40.4 Å². The van der Waals surface area contributed by atoms with E-state index >= 15 is 0 Å². The molecule has 0 saturated carbocycles. The van der Waals surface area contributed by atoms with Gasteiger partial charge in [-0.3, -0.25) is 4.98 Å². The van der Waals surface area contributed by atoms with Crippen molar-refractivity contribution in [2.45, 2.75) is 33.2 Å². The van der Waals surface area contributed by atoms with Gasteiger partial charge in [0.2, 0.25) is 0 Å². The molecule has 0 spiro atoms. The topological polar surface area (TPSA) is 65.7 Å². The third-order valence-corrected chi connectivity index (χ3v) is 6.20. The minimum atomic E-state index is 0.229. The van der Waals surface area contributed by atoms with Gasteiger partial charge in [-0.05, 0) is 44.5 Å². The van der Waals surface area contributed by atoms with Gasteiger partial charge < -0.3 is 4.74 Å². The minimum absolute atomic E-state index is 0.229. The molecule has 4 heterocycles. The number of aryl methyl sites for hydroxylation is 1. The number of ether oxygens (including phenoxy) is 1. The number of fused-ring (bicyclic) bond motifs is 3. The first-order valence-corrected chi connectivity index (χ1v) is 10.5. The van der Waals surface area contributed by atoms with Crippen molar-refractivity contribution in [2.24, 2.45) is 0 Å². The molecule has 146 valence electrons. The lowest BCUT2D eigenvalue weighted by Gasteiger charge is -2.11. The van der Waals surface area contributed by atoms with Crippen LogP contribution in [-0.2, 0) is 6.42 Å². The molecule has 7 heteroatoms. The standard InChI is InChI=1S/C22H21N5OS/c1-13(2)27-21(24-12-25-27)22-26-20-17-11-15(16-5-4-9-23-14(16)3)6-7-18(17)28-10-8-19(20)29-22/h4-7,9,11-13H,8,10H2,1-3H3. The van der Waals surface area contributed by atoms with Crippen LogP contribution in [0.5, 0.6) is 5.75 Å². The molecular weight excluding hydrogens is 382 g/mol. The van der Waals surface area contributed by atoms with Crippen molar-refractivity contribution in [3.8, 4) is 39.0 Å². The number of nitrogens with zero attached hydrogens (tertiary/aromatic N) is 5. The fraction of sp³-hybridized carbons (Fsp3) is 0.273. The highest BCUT2D eigenvalue weighted by molar-refractivity contribution is 7.15. The summed E-state index contributed by atoms with van der Waals surface area (Å²) in [6.07, 6.45) is 4.25. The highest BCUT2D eigenvalue weighted by Crippen LogP contribution is 2.42. The lowest BCUT2D eigenvalue weighted by atomic mass is 9.99. The molecule has 0 saturated heterocycles. The van der Waals surface area contributed by atoms with E-state index in [9.17, 15) is 0 Å². The molecule has 0 bridgehead atoms. The molecule has 0 aliphatic carbocycles. The maximum Gasteiger partial charge on any atom is 0.187 e. The van der Waals surface area contributed by atoms with E-state index in [4.69, 9.17) is 9.72 Å². The lowest BCUT2D eigenvalue weighted by Crippen LogP contribution is -2.04. The van der Waals surface area contributed by atoms with Gasteiger partial charge in [-0.25, -0.2) is 14.6 Å². The van der Waals surface area contributed by atoms with Crippen LogP contribution in [0.15, 0.2) is 42.9 Å². The summed E-state index contributed by atoms with van der Waals surface area (Å²) in [4.78, 5) is 15.1. The number of benzene rings is 1. The molecule has 1 aliphatic heterocycles. The van der Waals surface area contributed by atoms with E-state index in [0.29, 0.717) is 6.61 Å². The Kier molecular flexibility index (Phi) is 4.39.